The molecule has 2 rings (SSSR count). The van der Waals surface area contributed by atoms with Crippen molar-refractivity contribution < 1.29 is 9.59 Å². The molecule has 108 valence electrons. The van der Waals surface area contributed by atoms with E-state index < -0.39 is 0 Å². The molecule has 0 fully saturated rings. The number of amides is 2. The van der Waals surface area contributed by atoms with Crippen molar-refractivity contribution in [3.8, 4) is 0 Å². The monoisotopic (exact) mass is 366 g/mol. The van der Waals surface area contributed by atoms with Crippen LogP contribution in [-0.2, 0) is 4.79 Å². The van der Waals surface area contributed by atoms with Crippen molar-refractivity contribution in [1.82, 2.24) is 5.32 Å². The van der Waals surface area contributed by atoms with E-state index in [2.05, 4.69) is 26.6 Å². The second kappa shape index (κ2) is 7.24. The first-order chi connectivity index (χ1) is 10.1. The Morgan fingerprint density at radius 2 is 1.71 bits per heavy atom. The van der Waals surface area contributed by atoms with Crippen molar-refractivity contribution in [3.05, 3.63) is 63.6 Å². The van der Waals surface area contributed by atoms with E-state index >= 15 is 0 Å². The molecule has 0 heterocycles. The Labute approximate surface area is 135 Å². The Kier molecular flexibility index (Phi) is 5.36. The Bertz CT molecular complexity index is 659. The van der Waals surface area contributed by atoms with Crippen LogP contribution in [0.4, 0.5) is 5.69 Å². The lowest BCUT2D eigenvalue weighted by molar-refractivity contribution is -0.115. The molecular formula is C15H12BrClN2O2. The molecule has 0 radical (unpaired) electrons. The number of nitrogens with one attached hydrogen (secondary N) is 2. The van der Waals surface area contributed by atoms with Gasteiger partial charge >= 0.3 is 0 Å². The zero-order chi connectivity index (χ0) is 15.2. The molecule has 4 nitrogen and oxygen atoms in total. The average Bonchev–Trinajstić information content (AvgIpc) is 2.48. The maximum Gasteiger partial charge on any atom is 0.252 e. The molecule has 0 aromatic heterocycles. The lowest BCUT2D eigenvalue weighted by atomic mass is 10.2. The summed E-state index contributed by atoms with van der Waals surface area (Å²) in [6.45, 7) is -0.108. The highest BCUT2D eigenvalue weighted by molar-refractivity contribution is 9.10. The van der Waals surface area contributed by atoms with Crippen molar-refractivity contribution in [2.24, 2.45) is 0 Å². The third-order valence-corrected chi connectivity index (χ3v) is 3.60. The van der Waals surface area contributed by atoms with Crippen LogP contribution in [0.3, 0.4) is 0 Å². The highest BCUT2D eigenvalue weighted by Gasteiger charge is 2.10. The van der Waals surface area contributed by atoms with Crippen LogP contribution in [0.1, 0.15) is 10.4 Å². The van der Waals surface area contributed by atoms with Gasteiger partial charge in [0.25, 0.3) is 5.91 Å². The topological polar surface area (TPSA) is 58.2 Å². The molecule has 0 unspecified atom stereocenters. The normalized spacial score (nSPS) is 10.0. The summed E-state index contributed by atoms with van der Waals surface area (Å²) in [5.41, 5.74) is 1.11. The SMILES string of the molecule is O=C(CNC(=O)c1ccccc1Br)Nc1ccc(Cl)cc1. The van der Waals surface area contributed by atoms with Crippen LogP contribution < -0.4 is 10.6 Å². The first-order valence-corrected chi connectivity index (χ1v) is 7.31. The number of hydrogen-bond donors (Lipinski definition) is 2. The zero-order valence-electron chi connectivity index (χ0n) is 10.9. The molecule has 21 heavy (non-hydrogen) atoms. The predicted octanol–water partition coefficient (Wildman–Crippen LogP) is 3.47. The second-order valence-electron chi connectivity index (χ2n) is 4.22. The average molecular weight is 368 g/mol. The van der Waals surface area contributed by atoms with Gasteiger partial charge in [0.15, 0.2) is 0 Å². The fourth-order valence-electron chi connectivity index (χ4n) is 1.64. The van der Waals surface area contributed by atoms with Gasteiger partial charge in [-0.05, 0) is 52.3 Å². The molecule has 2 amide bonds. The Balaban J connectivity index is 1.88. The van der Waals surface area contributed by atoms with Gasteiger partial charge in [-0.25, -0.2) is 0 Å². The van der Waals surface area contributed by atoms with Crippen LogP contribution in [0, 0.1) is 0 Å². The van der Waals surface area contributed by atoms with Crippen LogP contribution in [0.25, 0.3) is 0 Å². The number of carbonyl (C=O) groups excluding carboxylic acids is 2. The summed E-state index contributed by atoms with van der Waals surface area (Å²) < 4.78 is 0.681. The van der Waals surface area contributed by atoms with Gasteiger partial charge in [0.2, 0.25) is 5.91 Å². The van der Waals surface area contributed by atoms with Crippen LogP contribution >= 0.6 is 27.5 Å². The maximum absolute atomic E-state index is 11.9. The van der Waals surface area contributed by atoms with E-state index in [-0.39, 0.29) is 18.4 Å². The minimum absolute atomic E-state index is 0.108. The Morgan fingerprint density at radius 3 is 2.38 bits per heavy atom. The molecule has 0 saturated carbocycles. The van der Waals surface area contributed by atoms with Crippen LogP contribution in [0.15, 0.2) is 53.0 Å². The van der Waals surface area contributed by atoms with Gasteiger partial charge in [-0.3, -0.25) is 9.59 Å². The van der Waals surface area contributed by atoms with Crippen molar-refractivity contribution in [1.29, 1.82) is 0 Å². The molecule has 0 aliphatic heterocycles. The van der Waals surface area contributed by atoms with E-state index in [1.54, 1.807) is 42.5 Å². The summed E-state index contributed by atoms with van der Waals surface area (Å²) in [6.07, 6.45) is 0. The first-order valence-electron chi connectivity index (χ1n) is 6.14. The van der Waals surface area contributed by atoms with E-state index in [0.717, 1.165) is 0 Å². The largest absolute Gasteiger partial charge is 0.343 e. The lowest BCUT2D eigenvalue weighted by Gasteiger charge is -2.08. The van der Waals surface area contributed by atoms with E-state index in [9.17, 15) is 9.59 Å². The fraction of sp³-hybridized carbons (Fsp3) is 0.0667. The third-order valence-electron chi connectivity index (χ3n) is 2.66. The van der Waals surface area contributed by atoms with Crippen molar-refractivity contribution >= 4 is 45.0 Å². The predicted molar refractivity (Wildman–Crippen MR) is 86.6 cm³/mol. The molecule has 0 atom stereocenters. The van der Waals surface area contributed by atoms with Crippen LogP contribution in [-0.4, -0.2) is 18.4 Å². The van der Waals surface area contributed by atoms with E-state index in [4.69, 9.17) is 11.6 Å². The summed E-state index contributed by atoms with van der Waals surface area (Å²) in [5.74, 6) is -0.619. The second-order valence-corrected chi connectivity index (χ2v) is 5.51. The molecule has 0 bridgehead atoms. The third kappa shape index (κ3) is 4.58. The minimum Gasteiger partial charge on any atom is -0.343 e. The maximum atomic E-state index is 11.9. The van der Waals surface area contributed by atoms with Gasteiger partial charge in [-0.15, -0.1) is 0 Å². The highest BCUT2D eigenvalue weighted by atomic mass is 79.9. The van der Waals surface area contributed by atoms with Crippen molar-refractivity contribution in [3.63, 3.8) is 0 Å². The molecule has 2 N–H and O–H groups in total. The Morgan fingerprint density at radius 1 is 1.05 bits per heavy atom. The molecule has 0 saturated heterocycles. The quantitative estimate of drug-likeness (QED) is 0.869. The van der Waals surface area contributed by atoms with Crippen molar-refractivity contribution in [2.75, 3.05) is 11.9 Å². The van der Waals surface area contributed by atoms with Gasteiger partial charge in [0, 0.05) is 15.2 Å². The minimum atomic E-state index is -0.311. The van der Waals surface area contributed by atoms with Gasteiger partial charge in [0.1, 0.15) is 0 Å². The number of carbonyl (C=O) groups is 2. The van der Waals surface area contributed by atoms with Crippen LogP contribution in [0.5, 0.6) is 0 Å². The molecule has 2 aromatic rings. The summed E-state index contributed by atoms with van der Waals surface area (Å²) in [6, 6.07) is 13.8. The molecular weight excluding hydrogens is 356 g/mol. The van der Waals surface area contributed by atoms with E-state index in [1.165, 1.54) is 0 Å². The van der Waals surface area contributed by atoms with E-state index in [1.807, 2.05) is 6.07 Å². The molecule has 2 aromatic carbocycles. The smallest absolute Gasteiger partial charge is 0.252 e. The van der Waals surface area contributed by atoms with Crippen LogP contribution in [0.2, 0.25) is 5.02 Å². The van der Waals surface area contributed by atoms with Gasteiger partial charge in [-0.1, -0.05) is 23.7 Å². The number of halogens is 2. The summed E-state index contributed by atoms with van der Waals surface area (Å²) in [7, 11) is 0. The molecule has 0 spiro atoms. The zero-order valence-corrected chi connectivity index (χ0v) is 13.2. The fourth-order valence-corrected chi connectivity index (χ4v) is 2.23. The summed E-state index contributed by atoms with van der Waals surface area (Å²) in [5, 5.41) is 5.82. The van der Waals surface area contributed by atoms with Gasteiger partial charge in [0.05, 0.1) is 12.1 Å². The standard InChI is InChI=1S/C15H12BrClN2O2/c16-13-4-2-1-3-12(13)15(21)18-9-14(20)19-11-7-5-10(17)6-8-11/h1-8H,9H2,(H,18,21)(H,19,20). The van der Waals surface area contributed by atoms with Gasteiger partial charge in [-0.2, -0.15) is 0 Å². The van der Waals surface area contributed by atoms with E-state index in [0.29, 0.717) is 20.7 Å². The lowest BCUT2D eigenvalue weighted by Crippen LogP contribution is -2.33. The summed E-state index contributed by atoms with van der Waals surface area (Å²) >= 11 is 9.05. The highest BCUT2D eigenvalue weighted by Crippen LogP contribution is 2.15. The summed E-state index contributed by atoms with van der Waals surface area (Å²) in [4.78, 5) is 23.7. The number of anilines is 1. The first kappa shape index (κ1) is 15.5. The van der Waals surface area contributed by atoms with Gasteiger partial charge < -0.3 is 10.6 Å². The number of benzene rings is 2. The number of hydrogen-bond acceptors (Lipinski definition) is 2. The number of rotatable bonds is 4. The Hall–Kier alpha value is -1.85. The van der Waals surface area contributed by atoms with Crippen molar-refractivity contribution in [2.45, 2.75) is 0 Å². The molecule has 0 aliphatic carbocycles. The molecule has 0 aliphatic rings. The molecule has 6 heteroatoms.